The van der Waals surface area contributed by atoms with Crippen LogP contribution in [-0.2, 0) is 0 Å². The Balaban J connectivity index is 2.46. The summed E-state index contributed by atoms with van der Waals surface area (Å²) in [7, 11) is 1.57. The molecule has 0 fully saturated rings. The van der Waals surface area contributed by atoms with Crippen LogP contribution in [0, 0.1) is 11.3 Å². The first-order valence-corrected chi connectivity index (χ1v) is 5.65. The highest BCUT2D eigenvalue weighted by Crippen LogP contribution is 2.30. The number of nitriles is 1. The summed E-state index contributed by atoms with van der Waals surface area (Å²) < 4.78 is 5.25. The Morgan fingerprint density at radius 2 is 2.00 bits per heavy atom. The molecule has 1 atom stereocenters. The number of para-hydroxylation sites is 1. The summed E-state index contributed by atoms with van der Waals surface area (Å²) in [6.07, 6.45) is 0. The van der Waals surface area contributed by atoms with E-state index in [9.17, 15) is 5.26 Å². The lowest BCUT2D eigenvalue weighted by atomic mass is 9.96. The van der Waals surface area contributed by atoms with Gasteiger partial charge in [0.1, 0.15) is 11.7 Å². The molecule has 0 aliphatic heterocycles. The van der Waals surface area contributed by atoms with Crippen LogP contribution in [0.4, 0.5) is 0 Å². The van der Waals surface area contributed by atoms with Gasteiger partial charge in [0, 0.05) is 5.56 Å². The van der Waals surface area contributed by atoms with Gasteiger partial charge in [-0.1, -0.05) is 29.8 Å². The topological polar surface area (TPSA) is 58.8 Å². The van der Waals surface area contributed by atoms with Crippen LogP contribution in [0.1, 0.15) is 17.2 Å². The Hall–Kier alpha value is -2.12. The molecule has 18 heavy (non-hydrogen) atoms. The number of hydrogen-bond donors (Lipinski definition) is 0. The van der Waals surface area contributed by atoms with Crippen LogP contribution < -0.4 is 4.74 Å². The van der Waals surface area contributed by atoms with E-state index in [-0.39, 0.29) is 0 Å². The molecule has 1 heterocycles. The fourth-order valence-corrected chi connectivity index (χ4v) is 1.78. The van der Waals surface area contributed by atoms with Gasteiger partial charge in [0.15, 0.2) is 5.15 Å². The summed E-state index contributed by atoms with van der Waals surface area (Å²) in [6, 6.07) is 12.9. The maximum absolute atomic E-state index is 9.32. The second-order valence-electron chi connectivity index (χ2n) is 3.58. The van der Waals surface area contributed by atoms with Gasteiger partial charge in [0.05, 0.1) is 18.9 Å². The number of nitrogens with zero attached hydrogens (tertiary/aromatic N) is 3. The largest absolute Gasteiger partial charge is 0.496 e. The average molecular weight is 260 g/mol. The van der Waals surface area contributed by atoms with Gasteiger partial charge >= 0.3 is 0 Å². The molecule has 0 aliphatic carbocycles. The normalized spacial score (nSPS) is 11.6. The van der Waals surface area contributed by atoms with Crippen molar-refractivity contribution >= 4 is 11.6 Å². The Morgan fingerprint density at radius 3 is 2.61 bits per heavy atom. The molecule has 4 nitrogen and oxygen atoms in total. The Bertz CT molecular complexity index is 578. The number of hydrogen-bond acceptors (Lipinski definition) is 4. The Labute approximate surface area is 110 Å². The number of halogens is 1. The summed E-state index contributed by atoms with van der Waals surface area (Å²) in [4.78, 5) is 0. The van der Waals surface area contributed by atoms with Gasteiger partial charge in [-0.2, -0.15) is 10.4 Å². The van der Waals surface area contributed by atoms with E-state index in [1.807, 2.05) is 24.3 Å². The van der Waals surface area contributed by atoms with Crippen LogP contribution >= 0.6 is 11.6 Å². The minimum atomic E-state index is -0.522. The van der Waals surface area contributed by atoms with E-state index in [1.54, 1.807) is 19.2 Å². The van der Waals surface area contributed by atoms with Crippen molar-refractivity contribution in [3.05, 3.63) is 52.8 Å². The first-order chi connectivity index (χ1) is 8.76. The lowest BCUT2D eigenvalue weighted by molar-refractivity contribution is 0.409. The zero-order chi connectivity index (χ0) is 13.0. The van der Waals surface area contributed by atoms with E-state index in [0.717, 1.165) is 5.56 Å². The van der Waals surface area contributed by atoms with E-state index in [1.165, 1.54) is 0 Å². The van der Waals surface area contributed by atoms with Crippen LogP contribution in [0.3, 0.4) is 0 Å². The lowest BCUT2D eigenvalue weighted by Gasteiger charge is -2.12. The van der Waals surface area contributed by atoms with Gasteiger partial charge in [0.25, 0.3) is 0 Å². The third-order valence-electron chi connectivity index (χ3n) is 2.53. The molecule has 90 valence electrons. The van der Waals surface area contributed by atoms with E-state index in [0.29, 0.717) is 16.6 Å². The summed E-state index contributed by atoms with van der Waals surface area (Å²) in [5, 5.41) is 17.3. The molecule has 1 aromatic carbocycles. The van der Waals surface area contributed by atoms with Gasteiger partial charge in [0.2, 0.25) is 0 Å². The molecule has 0 N–H and O–H groups in total. The first kappa shape index (κ1) is 12.3. The number of methoxy groups -OCH3 is 1. The molecule has 0 saturated carbocycles. The molecule has 0 aliphatic rings. The SMILES string of the molecule is COc1ccccc1C(C#N)c1ccc(Cl)nn1. The fourth-order valence-electron chi connectivity index (χ4n) is 1.68. The third kappa shape index (κ3) is 2.41. The van der Waals surface area contributed by atoms with Crippen molar-refractivity contribution in [3.63, 3.8) is 0 Å². The summed E-state index contributed by atoms with van der Waals surface area (Å²) in [6.45, 7) is 0. The van der Waals surface area contributed by atoms with Crippen molar-refractivity contribution < 1.29 is 4.74 Å². The zero-order valence-electron chi connectivity index (χ0n) is 9.67. The summed E-state index contributed by atoms with van der Waals surface area (Å²) in [5.41, 5.74) is 1.31. The van der Waals surface area contributed by atoms with Gasteiger partial charge in [-0.15, -0.1) is 5.10 Å². The van der Waals surface area contributed by atoms with Crippen LogP contribution in [0.2, 0.25) is 5.15 Å². The van der Waals surface area contributed by atoms with Gasteiger partial charge in [-0.25, -0.2) is 0 Å². The average Bonchev–Trinajstić information content (AvgIpc) is 2.42. The Morgan fingerprint density at radius 1 is 1.22 bits per heavy atom. The first-order valence-electron chi connectivity index (χ1n) is 5.28. The Kier molecular flexibility index (Phi) is 3.75. The molecule has 0 radical (unpaired) electrons. The molecule has 2 aromatic rings. The molecular formula is C13H10ClN3O. The number of benzene rings is 1. The highest BCUT2D eigenvalue weighted by atomic mass is 35.5. The molecule has 1 aromatic heterocycles. The number of rotatable bonds is 3. The monoisotopic (exact) mass is 259 g/mol. The number of ether oxygens (including phenoxy) is 1. The molecule has 5 heteroatoms. The number of aromatic nitrogens is 2. The van der Waals surface area contributed by atoms with Crippen molar-refractivity contribution in [2.45, 2.75) is 5.92 Å². The van der Waals surface area contributed by atoms with Gasteiger partial charge in [-0.05, 0) is 18.2 Å². The van der Waals surface area contributed by atoms with E-state index in [2.05, 4.69) is 16.3 Å². The van der Waals surface area contributed by atoms with Crippen molar-refractivity contribution in [1.29, 1.82) is 5.26 Å². The van der Waals surface area contributed by atoms with E-state index in [4.69, 9.17) is 16.3 Å². The van der Waals surface area contributed by atoms with Crippen LogP contribution in [-0.4, -0.2) is 17.3 Å². The second-order valence-corrected chi connectivity index (χ2v) is 3.97. The van der Waals surface area contributed by atoms with Crippen molar-refractivity contribution in [1.82, 2.24) is 10.2 Å². The molecule has 1 unspecified atom stereocenters. The highest BCUT2D eigenvalue weighted by Gasteiger charge is 2.19. The second kappa shape index (κ2) is 5.48. The standard InChI is InChI=1S/C13H10ClN3O/c1-18-12-5-3-2-4-9(12)10(8-15)11-6-7-13(14)17-16-11/h2-7,10H,1H3. The molecule has 0 saturated heterocycles. The van der Waals surface area contributed by atoms with Gasteiger partial charge < -0.3 is 4.74 Å². The molecule has 2 rings (SSSR count). The van der Waals surface area contributed by atoms with E-state index >= 15 is 0 Å². The zero-order valence-corrected chi connectivity index (χ0v) is 10.4. The maximum atomic E-state index is 9.32. The molecule has 0 spiro atoms. The van der Waals surface area contributed by atoms with E-state index < -0.39 is 5.92 Å². The van der Waals surface area contributed by atoms with Crippen molar-refractivity contribution in [3.8, 4) is 11.8 Å². The maximum Gasteiger partial charge on any atom is 0.151 e. The third-order valence-corrected chi connectivity index (χ3v) is 2.73. The molecule has 0 bridgehead atoms. The van der Waals surface area contributed by atoms with Gasteiger partial charge in [-0.3, -0.25) is 0 Å². The quantitative estimate of drug-likeness (QED) is 0.850. The molecular weight excluding hydrogens is 250 g/mol. The molecule has 0 amide bonds. The smallest absolute Gasteiger partial charge is 0.151 e. The minimum Gasteiger partial charge on any atom is -0.496 e. The predicted octanol–water partition coefficient (Wildman–Crippen LogP) is 2.79. The van der Waals surface area contributed by atoms with Crippen molar-refractivity contribution in [2.24, 2.45) is 0 Å². The fraction of sp³-hybridized carbons (Fsp3) is 0.154. The minimum absolute atomic E-state index is 0.301. The van der Waals surface area contributed by atoms with Crippen LogP contribution in [0.5, 0.6) is 5.75 Å². The summed E-state index contributed by atoms with van der Waals surface area (Å²) in [5.74, 6) is 0.131. The highest BCUT2D eigenvalue weighted by molar-refractivity contribution is 6.29. The van der Waals surface area contributed by atoms with Crippen LogP contribution in [0.15, 0.2) is 36.4 Å². The predicted molar refractivity (Wildman–Crippen MR) is 67.5 cm³/mol. The lowest BCUT2D eigenvalue weighted by Crippen LogP contribution is -2.04. The van der Waals surface area contributed by atoms with Crippen molar-refractivity contribution in [2.75, 3.05) is 7.11 Å². The summed E-state index contributed by atoms with van der Waals surface area (Å²) >= 11 is 5.68. The van der Waals surface area contributed by atoms with Crippen LogP contribution in [0.25, 0.3) is 0 Å².